The highest BCUT2D eigenvalue weighted by molar-refractivity contribution is 5.77. The number of likely N-dealkylation sites (tertiary alicyclic amines) is 1. The third-order valence-corrected chi connectivity index (χ3v) is 7.68. The maximum atomic E-state index is 13.0. The fraction of sp³-hybridized carbons (Fsp3) is 0.677. The lowest BCUT2D eigenvalue weighted by molar-refractivity contribution is -0.967. The van der Waals surface area contributed by atoms with E-state index in [2.05, 4.69) is 0 Å². The number of aliphatic carboxylic acids is 1. The van der Waals surface area contributed by atoms with Gasteiger partial charge in [0.25, 0.3) is 0 Å². The van der Waals surface area contributed by atoms with Crippen molar-refractivity contribution in [1.29, 1.82) is 0 Å². The topological polar surface area (TPSA) is 135 Å². The van der Waals surface area contributed by atoms with E-state index in [1.54, 1.807) is 41.5 Å². The number of ether oxygens (including phenoxy) is 5. The Morgan fingerprint density at radius 3 is 1.81 bits per heavy atom. The van der Waals surface area contributed by atoms with Crippen LogP contribution in [0.25, 0.3) is 0 Å². The molecule has 0 unspecified atom stereocenters. The van der Waals surface area contributed by atoms with E-state index in [4.69, 9.17) is 23.7 Å². The van der Waals surface area contributed by atoms with Crippen molar-refractivity contribution >= 4 is 23.9 Å². The smallest absolute Gasteiger partial charge is 0.337 e. The van der Waals surface area contributed by atoms with Crippen LogP contribution in [0.1, 0.15) is 60.8 Å². The molecule has 1 aromatic carbocycles. The summed E-state index contributed by atoms with van der Waals surface area (Å²) in [7, 11) is 0. The quantitative estimate of drug-likeness (QED) is 0.157. The molecule has 1 N–H and O–H groups in total. The van der Waals surface area contributed by atoms with Gasteiger partial charge in [-0.2, -0.15) is 0 Å². The number of rotatable bonds is 13. The van der Waals surface area contributed by atoms with Crippen LogP contribution in [0.4, 0.5) is 0 Å². The number of hydrogen-bond donors (Lipinski definition) is 1. The highest BCUT2D eigenvalue weighted by Gasteiger charge is 2.61. The van der Waals surface area contributed by atoms with Crippen LogP contribution in [-0.4, -0.2) is 90.4 Å². The molecule has 0 amide bonds. The van der Waals surface area contributed by atoms with E-state index >= 15 is 0 Å². The number of carboxylic acid groups (broad SMARTS) is 1. The molecular formula is C31H46NO10+. The second-order valence-corrected chi connectivity index (χ2v) is 12.1. The van der Waals surface area contributed by atoms with Crippen molar-refractivity contribution in [2.45, 2.75) is 91.4 Å². The van der Waals surface area contributed by atoms with Gasteiger partial charge in [-0.25, -0.2) is 4.79 Å². The van der Waals surface area contributed by atoms with E-state index in [1.807, 2.05) is 30.3 Å². The Balaban J connectivity index is 2.02. The van der Waals surface area contributed by atoms with Crippen molar-refractivity contribution in [3.63, 3.8) is 0 Å². The van der Waals surface area contributed by atoms with Crippen LogP contribution in [-0.2, 0) is 38.1 Å². The fourth-order valence-electron chi connectivity index (χ4n) is 5.32. The number of quaternary nitrogens is 1. The van der Waals surface area contributed by atoms with Crippen molar-refractivity contribution in [3.05, 3.63) is 30.3 Å². The molecule has 2 heterocycles. The average Bonchev–Trinajstić information content (AvgIpc) is 3.42. The second-order valence-electron chi connectivity index (χ2n) is 12.1. The van der Waals surface area contributed by atoms with E-state index in [9.17, 15) is 24.3 Å². The monoisotopic (exact) mass is 592 g/mol. The van der Waals surface area contributed by atoms with Crippen LogP contribution in [0, 0.1) is 17.8 Å². The predicted octanol–water partition coefficient (Wildman–Crippen LogP) is 3.58. The van der Waals surface area contributed by atoms with Gasteiger partial charge in [0.05, 0.1) is 44.0 Å². The number of carbonyl (C=O) groups excluding carboxylic acids is 3. The summed E-state index contributed by atoms with van der Waals surface area (Å²) in [5.41, 5.74) is 0. The average molecular weight is 593 g/mol. The molecule has 42 heavy (non-hydrogen) atoms. The molecular weight excluding hydrogens is 546 g/mol. The largest absolute Gasteiger partial charge is 0.493 e. The Morgan fingerprint density at radius 2 is 1.31 bits per heavy atom. The lowest BCUT2D eigenvalue weighted by Gasteiger charge is -2.50. The Morgan fingerprint density at radius 1 is 0.810 bits per heavy atom. The van der Waals surface area contributed by atoms with Crippen molar-refractivity contribution in [3.8, 4) is 5.75 Å². The normalized spacial score (nSPS) is 25.3. The lowest BCUT2D eigenvalue weighted by atomic mass is 9.94. The highest BCUT2D eigenvalue weighted by Crippen LogP contribution is 2.38. The molecule has 0 bridgehead atoms. The lowest BCUT2D eigenvalue weighted by Crippen LogP contribution is -2.72. The minimum atomic E-state index is -1.65. The van der Waals surface area contributed by atoms with Crippen LogP contribution < -0.4 is 4.74 Å². The van der Waals surface area contributed by atoms with Crippen molar-refractivity contribution in [2.75, 3.05) is 26.2 Å². The van der Waals surface area contributed by atoms with Crippen molar-refractivity contribution in [1.82, 2.24) is 0 Å². The zero-order chi connectivity index (χ0) is 31.0. The summed E-state index contributed by atoms with van der Waals surface area (Å²) in [5, 5.41) is 10.3. The number of nitrogens with zero attached hydrogens (tertiary/aromatic N) is 1. The zero-order valence-corrected chi connectivity index (χ0v) is 25.5. The van der Waals surface area contributed by atoms with E-state index in [1.165, 1.54) is 0 Å². The number of para-hydroxylation sites is 1. The summed E-state index contributed by atoms with van der Waals surface area (Å²) in [6, 6.07) is 9.43. The molecule has 1 aromatic rings. The van der Waals surface area contributed by atoms with Gasteiger partial charge in [0, 0.05) is 19.3 Å². The first kappa shape index (κ1) is 33.3. The van der Waals surface area contributed by atoms with Gasteiger partial charge >= 0.3 is 23.9 Å². The molecule has 0 aliphatic carbocycles. The molecule has 2 aliphatic rings. The van der Waals surface area contributed by atoms with Crippen LogP contribution in [0.15, 0.2) is 30.3 Å². The minimum Gasteiger partial charge on any atom is -0.493 e. The molecule has 0 radical (unpaired) electrons. The standard InChI is InChI=1S/C31H45NO10/c1-19(2)29(35)40-23-24(41-30(36)20(3)4)26(28(33)34)39-27(25(23)42-31(37)21(5)6)32(15-10-11-16-32)17-12-18-38-22-13-8-7-9-14-22/h7-9,13-14,19-21,23-27H,10-12,15-18H2,1-6H3/p+1/t23-,24-,25+,26-,27+/m0/s1. The molecule has 2 saturated heterocycles. The van der Waals surface area contributed by atoms with Crippen LogP contribution in [0.2, 0.25) is 0 Å². The highest BCUT2D eigenvalue weighted by atomic mass is 16.7. The van der Waals surface area contributed by atoms with E-state index in [0.717, 1.165) is 18.6 Å². The first-order valence-corrected chi connectivity index (χ1v) is 14.9. The van der Waals surface area contributed by atoms with Crippen LogP contribution >= 0.6 is 0 Å². The molecule has 0 saturated carbocycles. The van der Waals surface area contributed by atoms with Crippen LogP contribution in [0.3, 0.4) is 0 Å². The van der Waals surface area contributed by atoms with Gasteiger partial charge in [0.1, 0.15) is 5.75 Å². The van der Waals surface area contributed by atoms with E-state index < -0.39 is 72.3 Å². The summed E-state index contributed by atoms with van der Waals surface area (Å²) in [6.45, 7) is 12.1. The van der Waals surface area contributed by atoms with Gasteiger partial charge in [0.15, 0.2) is 12.2 Å². The van der Waals surface area contributed by atoms with Gasteiger partial charge in [-0.15, -0.1) is 0 Å². The molecule has 234 valence electrons. The maximum Gasteiger partial charge on any atom is 0.337 e. The number of esters is 3. The molecule has 3 rings (SSSR count). The SMILES string of the molecule is CC(C)C(=O)O[C@@H]1[C@@H](OC(=O)C(C)C)[C@H]([N+]2(CCCOc3ccccc3)CCCC2)O[C@H](C(=O)O)[C@H]1OC(=O)C(C)C. The number of hydrogen-bond acceptors (Lipinski definition) is 9. The van der Waals surface area contributed by atoms with E-state index in [0.29, 0.717) is 37.1 Å². The Hall–Kier alpha value is -3.18. The molecule has 5 atom stereocenters. The summed E-state index contributed by atoms with van der Waals surface area (Å²) in [5.74, 6) is -4.19. The summed E-state index contributed by atoms with van der Waals surface area (Å²) in [4.78, 5) is 51.3. The molecule has 11 heteroatoms. The maximum absolute atomic E-state index is 13.0. The van der Waals surface area contributed by atoms with Gasteiger partial charge in [-0.3, -0.25) is 18.9 Å². The Bertz CT molecular complexity index is 1070. The minimum absolute atomic E-state index is 0.290. The molecule has 11 nitrogen and oxygen atoms in total. The molecule has 2 aliphatic heterocycles. The first-order chi connectivity index (χ1) is 19.9. The first-order valence-electron chi connectivity index (χ1n) is 14.9. The molecule has 0 spiro atoms. The summed E-state index contributed by atoms with van der Waals surface area (Å²) < 4.78 is 30.0. The van der Waals surface area contributed by atoms with Gasteiger partial charge < -0.3 is 28.8 Å². The van der Waals surface area contributed by atoms with E-state index in [-0.39, 0.29) is 0 Å². The molecule has 0 aromatic heterocycles. The number of benzene rings is 1. The second kappa shape index (κ2) is 14.8. The predicted molar refractivity (Wildman–Crippen MR) is 151 cm³/mol. The van der Waals surface area contributed by atoms with Gasteiger partial charge in [-0.05, 0) is 12.1 Å². The zero-order valence-electron chi connectivity index (χ0n) is 25.5. The summed E-state index contributed by atoms with van der Waals surface area (Å²) >= 11 is 0. The van der Waals surface area contributed by atoms with Crippen molar-refractivity contribution in [2.24, 2.45) is 17.8 Å². The third-order valence-electron chi connectivity index (χ3n) is 7.68. The van der Waals surface area contributed by atoms with Crippen LogP contribution in [0.5, 0.6) is 5.75 Å². The number of carboxylic acids is 1. The van der Waals surface area contributed by atoms with Gasteiger partial charge in [-0.1, -0.05) is 59.7 Å². The Labute approximate surface area is 248 Å². The van der Waals surface area contributed by atoms with Crippen molar-refractivity contribution < 1.29 is 52.5 Å². The molecule has 2 fully saturated rings. The van der Waals surface area contributed by atoms with Gasteiger partial charge in [0.2, 0.25) is 18.4 Å². The number of carbonyl (C=O) groups is 4. The third kappa shape index (κ3) is 8.22. The Kier molecular flexibility index (Phi) is 11.8. The fourth-order valence-corrected chi connectivity index (χ4v) is 5.32. The summed E-state index contributed by atoms with van der Waals surface area (Å²) in [6.07, 6.45) is -4.43.